The summed E-state index contributed by atoms with van der Waals surface area (Å²) in [5.74, 6) is 0.813. The molecule has 0 aliphatic carbocycles. The van der Waals surface area contributed by atoms with Gasteiger partial charge < -0.3 is 15.0 Å². The van der Waals surface area contributed by atoms with Gasteiger partial charge in [-0.05, 0) is 42.9 Å². The van der Waals surface area contributed by atoms with Crippen LogP contribution in [0.2, 0.25) is 0 Å². The summed E-state index contributed by atoms with van der Waals surface area (Å²) >= 11 is 0. The third-order valence-corrected chi connectivity index (χ3v) is 3.97. The second-order valence-corrected chi connectivity index (χ2v) is 5.58. The second kappa shape index (κ2) is 9.73. The number of likely N-dealkylation sites (N-methyl/N-ethyl adjacent to an activating group) is 1. The molecule has 2 aromatic carbocycles. The number of ether oxygens (including phenoxy) is 1. The Morgan fingerprint density at radius 3 is 2.29 bits per heavy atom. The molecule has 0 aliphatic heterocycles. The lowest BCUT2D eigenvalue weighted by Crippen LogP contribution is -2.34. The van der Waals surface area contributed by atoms with Crippen molar-refractivity contribution in [1.29, 1.82) is 0 Å². The number of para-hydroxylation sites is 1. The lowest BCUT2D eigenvalue weighted by Gasteiger charge is -2.17. The van der Waals surface area contributed by atoms with Crippen LogP contribution in [0.25, 0.3) is 0 Å². The van der Waals surface area contributed by atoms with Crippen molar-refractivity contribution in [3.63, 3.8) is 0 Å². The SMILES string of the molecule is CCN(CC)CCNC(=O)c1ccc(COc2ccccc2)cc1. The van der Waals surface area contributed by atoms with Crippen LogP contribution < -0.4 is 10.1 Å². The van der Waals surface area contributed by atoms with Gasteiger partial charge in [0, 0.05) is 18.7 Å². The molecule has 0 heterocycles. The lowest BCUT2D eigenvalue weighted by atomic mass is 10.1. The van der Waals surface area contributed by atoms with E-state index in [2.05, 4.69) is 24.1 Å². The van der Waals surface area contributed by atoms with Crippen molar-refractivity contribution in [2.45, 2.75) is 20.5 Å². The molecule has 0 radical (unpaired) electrons. The summed E-state index contributed by atoms with van der Waals surface area (Å²) in [5, 5.41) is 2.96. The predicted molar refractivity (Wildman–Crippen MR) is 97.3 cm³/mol. The molecule has 0 aromatic heterocycles. The van der Waals surface area contributed by atoms with Crippen molar-refractivity contribution in [3.8, 4) is 5.75 Å². The predicted octanol–water partition coefficient (Wildman–Crippen LogP) is 3.34. The molecular formula is C20H26N2O2. The number of nitrogens with zero attached hydrogens (tertiary/aromatic N) is 1. The second-order valence-electron chi connectivity index (χ2n) is 5.58. The summed E-state index contributed by atoms with van der Waals surface area (Å²) in [6, 6.07) is 17.3. The Labute approximate surface area is 144 Å². The van der Waals surface area contributed by atoms with Gasteiger partial charge in [0.05, 0.1) is 0 Å². The molecule has 24 heavy (non-hydrogen) atoms. The number of carbonyl (C=O) groups excluding carboxylic acids is 1. The number of carbonyl (C=O) groups is 1. The summed E-state index contributed by atoms with van der Waals surface area (Å²) in [6.45, 7) is 8.29. The Bertz CT molecular complexity index is 607. The van der Waals surface area contributed by atoms with Crippen molar-refractivity contribution in [2.75, 3.05) is 26.2 Å². The number of benzene rings is 2. The zero-order chi connectivity index (χ0) is 17.2. The molecule has 1 amide bonds. The number of hydrogen-bond donors (Lipinski definition) is 1. The number of hydrogen-bond acceptors (Lipinski definition) is 3. The summed E-state index contributed by atoms with van der Waals surface area (Å²) in [6.07, 6.45) is 0. The van der Waals surface area contributed by atoms with Crippen LogP contribution in [0.5, 0.6) is 5.75 Å². The zero-order valence-electron chi connectivity index (χ0n) is 14.5. The number of rotatable bonds is 9. The summed E-state index contributed by atoms with van der Waals surface area (Å²) in [7, 11) is 0. The van der Waals surface area contributed by atoms with E-state index in [-0.39, 0.29) is 5.91 Å². The fourth-order valence-corrected chi connectivity index (χ4v) is 2.41. The molecule has 0 bridgehead atoms. The minimum atomic E-state index is -0.0299. The highest BCUT2D eigenvalue weighted by molar-refractivity contribution is 5.94. The maximum atomic E-state index is 12.1. The molecule has 1 N–H and O–H groups in total. The first-order valence-corrected chi connectivity index (χ1v) is 8.50. The molecular weight excluding hydrogens is 300 g/mol. The molecule has 0 fully saturated rings. The standard InChI is InChI=1S/C20H26N2O2/c1-3-22(4-2)15-14-21-20(23)18-12-10-17(11-13-18)16-24-19-8-6-5-7-9-19/h5-13H,3-4,14-16H2,1-2H3,(H,21,23). The number of amides is 1. The van der Waals surface area contributed by atoms with Crippen LogP contribution in [0.4, 0.5) is 0 Å². The third-order valence-electron chi connectivity index (χ3n) is 3.97. The summed E-state index contributed by atoms with van der Waals surface area (Å²) in [4.78, 5) is 14.4. The first-order valence-electron chi connectivity index (χ1n) is 8.50. The molecule has 0 saturated heterocycles. The van der Waals surface area contributed by atoms with E-state index in [4.69, 9.17) is 4.74 Å². The Morgan fingerprint density at radius 1 is 1.00 bits per heavy atom. The van der Waals surface area contributed by atoms with Crippen molar-refractivity contribution in [3.05, 3.63) is 65.7 Å². The highest BCUT2D eigenvalue weighted by Gasteiger charge is 2.06. The van der Waals surface area contributed by atoms with Gasteiger partial charge in [0.25, 0.3) is 5.91 Å². The van der Waals surface area contributed by atoms with Crippen LogP contribution in [0.15, 0.2) is 54.6 Å². The first-order chi connectivity index (χ1) is 11.7. The average molecular weight is 326 g/mol. The quantitative estimate of drug-likeness (QED) is 0.768. The Hall–Kier alpha value is -2.33. The van der Waals surface area contributed by atoms with Crippen LogP contribution in [-0.2, 0) is 6.61 Å². The van der Waals surface area contributed by atoms with E-state index in [9.17, 15) is 4.79 Å². The van der Waals surface area contributed by atoms with Gasteiger partial charge >= 0.3 is 0 Å². The molecule has 0 atom stereocenters. The van der Waals surface area contributed by atoms with Gasteiger partial charge in [-0.1, -0.05) is 44.2 Å². The minimum Gasteiger partial charge on any atom is -0.489 e. The van der Waals surface area contributed by atoms with Crippen molar-refractivity contribution >= 4 is 5.91 Å². The van der Waals surface area contributed by atoms with Gasteiger partial charge in [-0.3, -0.25) is 4.79 Å². The largest absolute Gasteiger partial charge is 0.489 e. The van der Waals surface area contributed by atoms with Gasteiger partial charge in [-0.15, -0.1) is 0 Å². The third kappa shape index (κ3) is 5.70. The van der Waals surface area contributed by atoms with E-state index >= 15 is 0 Å². The van der Waals surface area contributed by atoms with Crippen LogP contribution in [0.3, 0.4) is 0 Å². The molecule has 2 aromatic rings. The fourth-order valence-electron chi connectivity index (χ4n) is 2.41. The van der Waals surface area contributed by atoms with Gasteiger partial charge in [-0.2, -0.15) is 0 Å². The van der Waals surface area contributed by atoms with Gasteiger partial charge in [0.2, 0.25) is 0 Å². The zero-order valence-corrected chi connectivity index (χ0v) is 14.5. The van der Waals surface area contributed by atoms with Crippen molar-refractivity contribution < 1.29 is 9.53 Å². The van der Waals surface area contributed by atoms with Gasteiger partial charge in [0.1, 0.15) is 12.4 Å². The van der Waals surface area contributed by atoms with Gasteiger partial charge in [0.15, 0.2) is 0 Å². The van der Waals surface area contributed by atoms with Crippen LogP contribution >= 0.6 is 0 Å². The Kier molecular flexibility index (Phi) is 7.30. The normalized spacial score (nSPS) is 10.6. The monoisotopic (exact) mass is 326 g/mol. The van der Waals surface area contributed by atoms with Crippen molar-refractivity contribution in [1.82, 2.24) is 10.2 Å². The first kappa shape index (κ1) is 18.0. The molecule has 128 valence electrons. The maximum absolute atomic E-state index is 12.1. The van der Waals surface area contributed by atoms with E-state index in [0.717, 1.165) is 30.9 Å². The van der Waals surface area contributed by atoms with E-state index in [0.29, 0.717) is 18.7 Å². The fraction of sp³-hybridized carbons (Fsp3) is 0.350. The molecule has 0 spiro atoms. The van der Waals surface area contributed by atoms with Crippen LogP contribution in [0.1, 0.15) is 29.8 Å². The van der Waals surface area contributed by atoms with Gasteiger partial charge in [-0.25, -0.2) is 0 Å². The highest BCUT2D eigenvalue weighted by Crippen LogP contribution is 2.12. The van der Waals surface area contributed by atoms with Crippen LogP contribution in [-0.4, -0.2) is 37.0 Å². The minimum absolute atomic E-state index is 0.0299. The van der Waals surface area contributed by atoms with E-state index in [1.165, 1.54) is 0 Å². The molecule has 4 heteroatoms. The topological polar surface area (TPSA) is 41.6 Å². The molecule has 0 unspecified atom stereocenters. The summed E-state index contributed by atoms with van der Waals surface area (Å²) < 4.78 is 5.70. The number of nitrogens with one attached hydrogen (secondary N) is 1. The molecule has 0 aliphatic rings. The smallest absolute Gasteiger partial charge is 0.251 e. The molecule has 4 nitrogen and oxygen atoms in total. The summed E-state index contributed by atoms with van der Waals surface area (Å²) in [5.41, 5.74) is 1.72. The van der Waals surface area contributed by atoms with E-state index in [1.54, 1.807) is 0 Å². The van der Waals surface area contributed by atoms with E-state index in [1.807, 2.05) is 54.6 Å². The van der Waals surface area contributed by atoms with Crippen molar-refractivity contribution in [2.24, 2.45) is 0 Å². The lowest BCUT2D eigenvalue weighted by molar-refractivity contribution is 0.0949. The average Bonchev–Trinajstić information content (AvgIpc) is 2.64. The van der Waals surface area contributed by atoms with Crippen LogP contribution in [0, 0.1) is 0 Å². The highest BCUT2D eigenvalue weighted by atomic mass is 16.5. The van der Waals surface area contributed by atoms with E-state index < -0.39 is 0 Å². The molecule has 0 saturated carbocycles. The Morgan fingerprint density at radius 2 is 1.67 bits per heavy atom. The molecule has 2 rings (SSSR count). The Balaban J connectivity index is 1.79. The maximum Gasteiger partial charge on any atom is 0.251 e.